The van der Waals surface area contributed by atoms with E-state index in [1.807, 2.05) is 28.7 Å². The van der Waals surface area contributed by atoms with Gasteiger partial charge in [0, 0.05) is 86.7 Å². The normalized spacial score (nSPS) is 12.7. The second-order valence-corrected chi connectivity index (χ2v) is 11.5. The molecule has 0 aliphatic rings. The Morgan fingerprint density at radius 3 is 2.36 bits per heavy atom. The molecule has 0 aliphatic heterocycles. The summed E-state index contributed by atoms with van der Waals surface area (Å²) in [5.74, 6) is 0. The van der Waals surface area contributed by atoms with E-state index in [1.54, 1.807) is 0 Å². The minimum Gasteiger partial charge on any atom is -0.366 e. The molecule has 36 heavy (non-hydrogen) atoms. The van der Waals surface area contributed by atoms with Gasteiger partial charge in [-0.2, -0.15) is 0 Å². The molecular formula is C31H20N2S3. The molecule has 0 fully saturated rings. The number of hydrogen-bond acceptors (Lipinski definition) is 3. The largest absolute Gasteiger partial charge is 0.366 e. The van der Waals surface area contributed by atoms with Gasteiger partial charge in [0.05, 0.1) is 5.52 Å². The molecular weight excluding hydrogens is 497 g/mol. The second kappa shape index (κ2) is 7.26. The summed E-state index contributed by atoms with van der Waals surface area (Å²) >= 11 is 8.86. The standard InChI is InChI=1S/C31H20N2S3/c1-3-5-15-12-20-24(30-17(15)7-10-35-30)23-22-14-32-13-21(22)16(4-2)29(34)27(23)26-25(20)31-19(8-11-36-31)18-6-9-33-28(18)26/h3-14,32-34H,2H2,1H3/b5-3-. The first-order valence-electron chi connectivity index (χ1n) is 11.9. The molecule has 0 radical (unpaired) electrons. The Labute approximate surface area is 220 Å². The average molecular weight is 517 g/mol. The molecule has 4 aromatic carbocycles. The van der Waals surface area contributed by atoms with Crippen LogP contribution in [0.5, 0.6) is 0 Å². The Hall–Kier alpha value is -3.51. The van der Waals surface area contributed by atoms with Crippen molar-refractivity contribution >= 4 is 122 Å². The highest BCUT2D eigenvalue weighted by Crippen LogP contribution is 2.51. The number of thiophene rings is 2. The number of fused-ring (bicyclic) bond motifs is 15. The third kappa shape index (κ3) is 2.38. The quantitative estimate of drug-likeness (QED) is 0.151. The maximum absolute atomic E-state index is 5.21. The van der Waals surface area contributed by atoms with Crippen LogP contribution in [-0.4, -0.2) is 9.97 Å². The molecule has 0 bridgehead atoms. The van der Waals surface area contributed by atoms with Gasteiger partial charge in [0.25, 0.3) is 0 Å². The zero-order valence-electron chi connectivity index (χ0n) is 19.4. The number of rotatable bonds is 2. The number of aromatic amines is 2. The first-order chi connectivity index (χ1) is 17.7. The van der Waals surface area contributed by atoms with Gasteiger partial charge in [-0.05, 0) is 58.5 Å². The molecule has 8 rings (SSSR count). The van der Waals surface area contributed by atoms with E-state index in [0.717, 1.165) is 15.8 Å². The number of benzene rings is 4. The van der Waals surface area contributed by atoms with Gasteiger partial charge in [-0.1, -0.05) is 24.8 Å². The van der Waals surface area contributed by atoms with E-state index in [-0.39, 0.29) is 0 Å². The van der Waals surface area contributed by atoms with E-state index in [0.29, 0.717) is 0 Å². The SMILES string of the molecule is C=Cc1c(S)c2c(c3c[nH]cc13)c1c(cc(/C=C\C)c3ccsc31)c1c3sccc3c3cc[nH]c3c21. The van der Waals surface area contributed by atoms with Crippen LogP contribution < -0.4 is 0 Å². The van der Waals surface area contributed by atoms with Crippen LogP contribution in [0, 0.1) is 0 Å². The fourth-order valence-electron chi connectivity index (χ4n) is 6.20. The molecule has 0 unspecified atom stereocenters. The topological polar surface area (TPSA) is 31.6 Å². The summed E-state index contributed by atoms with van der Waals surface area (Å²) in [5, 5.41) is 18.3. The fourth-order valence-corrected chi connectivity index (χ4v) is 8.59. The number of hydrogen-bond donors (Lipinski definition) is 3. The van der Waals surface area contributed by atoms with Crippen LogP contribution in [0.3, 0.4) is 0 Å². The summed E-state index contributed by atoms with van der Waals surface area (Å²) < 4.78 is 2.65. The third-order valence-corrected chi connectivity index (χ3v) is 9.90. The average Bonchev–Trinajstić information content (AvgIpc) is 3.69. The monoisotopic (exact) mass is 516 g/mol. The Morgan fingerprint density at radius 1 is 0.806 bits per heavy atom. The van der Waals surface area contributed by atoms with Crippen molar-refractivity contribution in [1.29, 1.82) is 0 Å². The molecule has 5 heteroatoms. The lowest BCUT2D eigenvalue weighted by Crippen LogP contribution is -1.91. The minimum atomic E-state index is 0.980. The zero-order chi connectivity index (χ0) is 24.1. The van der Waals surface area contributed by atoms with Gasteiger partial charge in [0.1, 0.15) is 0 Å². The predicted octanol–water partition coefficient (Wildman–Crippen LogP) is 10.5. The van der Waals surface area contributed by atoms with E-state index in [2.05, 4.69) is 89.2 Å². The third-order valence-electron chi connectivity index (χ3n) is 7.57. The van der Waals surface area contributed by atoms with Gasteiger partial charge >= 0.3 is 0 Å². The maximum atomic E-state index is 5.21. The summed E-state index contributed by atoms with van der Waals surface area (Å²) in [5.41, 5.74) is 3.50. The first kappa shape index (κ1) is 20.7. The van der Waals surface area contributed by atoms with Gasteiger partial charge in [-0.15, -0.1) is 35.3 Å². The number of thiol groups is 1. The number of allylic oxidation sites excluding steroid dienone is 1. The minimum absolute atomic E-state index is 0.980. The van der Waals surface area contributed by atoms with E-state index in [4.69, 9.17) is 12.6 Å². The Kier molecular flexibility index (Phi) is 4.17. The summed E-state index contributed by atoms with van der Waals surface area (Å²) in [6, 6.07) is 9.12. The molecule has 0 saturated heterocycles. The molecule has 172 valence electrons. The van der Waals surface area contributed by atoms with Gasteiger partial charge in [0.2, 0.25) is 0 Å². The van der Waals surface area contributed by atoms with E-state index in [9.17, 15) is 0 Å². The van der Waals surface area contributed by atoms with Crippen LogP contribution in [0.2, 0.25) is 0 Å². The van der Waals surface area contributed by atoms with Crippen molar-refractivity contribution in [2.24, 2.45) is 0 Å². The smallest absolute Gasteiger partial charge is 0.0547 e. The lowest BCUT2D eigenvalue weighted by molar-refractivity contribution is 1.43. The zero-order valence-corrected chi connectivity index (χ0v) is 21.9. The number of nitrogens with one attached hydrogen (secondary N) is 2. The lowest BCUT2D eigenvalue weighted by atomic mass is 9.87. The maximum Gasteiger partial charge on any atom is 0.0547 e. The molecule has 4 aromatic heterocycles. The van der Waals surface area contributed by atoms with Gasteiger partial charge < -0.3 is 9.97 Å². The summed E-state index contributed by atoms with van der Waals surface area (Å²) in [7, 11) is 0. The number of H-pyrrole nitrogens is 2. The molecule has 2 N–H and O–H groups in total. The second-order valence-electron chi connectivity index (χ2n) is 9.23. The molecule has 4 heterocycles. The highest BCUT2D eigenvalue weighted by atomic mass is 32.1. The first-order valence-corrected chi connectivity index (χ1v) is 14.1. The summed E-state index contributed by atoms with van der Waals surface area (Å²) in [4.78, 5) is 7.97. The molecule has 0 spiro atoms. The van der Waals surface area contributed by atoms with Crippen LogP contribution in [-0.2, 0) is 0 Å². The van der Waals surface area contributed by atoms with Crippen molar-refractivity contribution in [3.8, 4) is 0 Å². The Balaban J connectivity index is 1.88. The van der Waals surface area contributed by atoms with Gasteiger partial charge in [0.15, 0.2) is 0 Å². The molecule has 8 aromatic rings. The van der Waals surface area contributed by atoms with Crippen molar-refractivity contribution in [3.63, 3.8) is 0 Å². The Bertz CT molecular complexity index is 2230. The van der Waals surface area contributed by atoms with Crippen LogP contribution in [0.15, 0.2) is 71.2 Å². The van der Waals surface area contributed by atoms with Crippen LogP contribution in [0.1, 0.15) is 18.1 Å². The highest BCUT2D eigenvalue weighted by Gasteiger charge is 2.24. The summed E-state index contributed by atoms with van der Waals surface area (Å²) in [6.07, 6.45) is 12.6. The van der Waals surface area contributed by atoms with Gasteiger partial charge in [-0.3, -0.25) is 0 Å². The predicted molar refractivity (Wildman–Crippen MR) is 165 cm³/mol. The lowest BCUT2D eigenvalue weighted by Gasteiger charge is -2.18. The number of aromatic nitrogens is 2. The fraction of sp³-hybridized carbons (Fsp3) is 0.0323. The van der Waals surface area contributed by atoms with Crippen molar-refractivity contribution < 1.29 is 0 Å². The van der Waals surface area contributed by atoms with Gasteiger partial charge in [-0.25, -0.2) is 0 Å². The van der Waals surface area contributed by atoms with Crippen LogP contribution in [0.25, 0.3) is 86.3 Å². The van der Waals surface area contributed by atoms with Crippen molar-refractivity contribution in [2.75, 3.05) is 0 Å². The molecule has 0 amide bonds. The van der Waals surface area contributed by atoms with E-state index < -0.39 is 0 Å². The van der Waals surface area contributed by atoms with Crippen molar-refractivity contribution in [1.82, 2.24) is 9.97 Å². The molecule has 0 atom stereocenters. The van der Waals surface area contributed by atoms with E-state index >= 15 is 0 Å². The van der Waals surface area contributed by atoms with E-state index in [1.165, 1.54) is 74.3 Å². The molecule has 2 nitrogen and oxygen atoms in total. The van der Waals surface area contributed by atoms with Crippen LogP contribution >= 0.6 is 35.3 Å². The Morgan fingerprint density at radius 2 is 1.56 bits per heavy atom. The van der Waals surface area contributed by atoms with Crippen LogP contribution in [0.4, 0.5) is 0 Å². The molecule has 0 aliphatic carbocycles. The summed E-state index contributed by atoms with van der Waals surface area (Å²) in [6.45, 7) is 6.26. The van der Waals surface area contributed by atoms with Crippen molar-refractivity contribution in [3.05, 3.63) is 77.4 Å². The van der Waals surface area contributed by atoms with Crippen molar-refractivity contribution in [2.45, 2.75) is 11.8 Å². The highest BCUT2D eigenvalue weighted by molar-refractivity contribution is 7.80. The molecule has 0 saturated carbocycles.